The molecule has 1 heterocycles. The molecular formula is C23H22INO3. The zero-order chi connectivity index (χ0) is 19.7. The molecule has 1 amide bonds. The Morgan fingerprint density at radius 2 is 1.86 bits per heavy atom. The Bertz CT molecular complexity index is 1050. The molecule has 144 valence electrons. The molecule has 1 aliphatic heterocycles. The van der Waals surface area contributed by atoms with Crippen molar-refractivity contribution in [1.82, 2.24) is 0 Å². The second-order valence-corrected chi connectivity index (χ2v) is 7.91. The molecule has 0 bridgehead atoms. The van der Waals surface area contributed by atoms with Crippen LogP contribution >= 0.6 is 22.6 Å². The average molecular weight is 487 g/mol. The first-order valence-electron chi connectivity index (χ1n) is 9.52. The van der Waals surface area contributed by atoms with Gasteiger partial charge in [-0.15, -0.1) is 0 Å². The number of benzene rings is 3. The Balaban J connectivity index is 1.91. The van der Waals surface area contributed by atoms with E-state index < -0.39 is 0 Å². The SMILES string of the molecule is CCOc1cc(C2CC(=O)Nc3ccc4ccccc4c32)cc(I)c1OCC. The molecule has 0 spiro atoms. The molecule has 0 radical (unpaired) electrons. The van der Waals surface area contributed by atoms with E-state index in [1.54, 1.807) is 0 Å². The number of carbonyl (C=O) groups excluding carboxylic acids is 1. The fourth-order valence-corrected chi connectivity index (χ4v) is 4.67. The number of fused-ring (bicyclic) bond motifs is 3. The van der Waals surface area contributed by atoms with Crippen LogP contribution < -0.4 is 14.8 Å². The molecule has 5 heteroatoms. The minimum absolute atomic E-state index is 0.0294. The maximum atomic E-state index is 12.4. The van der Waals surface area contributed by atoms with Gasteiger partial charge in [-0.3, -0.25) is 4.79 Å². The van der Waals surface area contributed by atoms with Gasteiger partial charge in [-0.2, -0.15) is 0 Å². The highest BCUT2D eigenvalue weighted by molar-refractivity contribution is 14.1. The first-order chi connectivity index (χ1) is 13.6. The molecule has 28 heavy (non-hydrogen) atoms. The molecular weight excluding hydrogens is 465 g/mol. The normalized spacial score (nSPS) is 15.8. The lowest BCUT2D eigenvalue weighted by molar-refractivity contribution is -0.116. The highest BCUT2D eigenvalue weighted by Gasteiger charge is 2.29. The molecule has 0 fully saturated rings. The first-order valence-corrected chi connectivity index (χ1v) is 10.6. The summed E-state index contributed by atoms with van der Waals surface area (Å²) in [5.41, 5.74) is 3.13. The molecule has 4 nitrogen and oxygen atoms in total. The third-order valence-electron chi connectivity index (χ3n) is 5.01. The molecule has 0 aromatic heterocycles. The van der Waals surface area contributed by atoms with E-state index in [4.69, 9.17) is 9.47 Å². The van der Waals surface area contributed by atoms with E-state index in [-0.39, 0.29) is 11.8 Å². The van der Waals surface area contributed by atoms with Crippen molar-refractivity contribution in [3.05, 3.63) is 63.2 Å². The summed E-state index contributed by atoms with van der Waals surface area (Å²) < 4.78 is 12.7. The lowest BCUT2D eigenvalue weighted by Gasteiger charge is -2.28. The minimum atomic E-state index is -0.0294. The number of anilines is 1. The molecule has 1 atom stereocenters. The summed E-state index contributed by atoms with van der Waals surface area (Å²) in [6.07, 6.45) is 0.413. The summed E-state index contributed by atoms with van der Waals surface area (Å²) >= 11 is 2.29. The highest BCUT2D eigenvalue weighted by Crippen LogP contribution is 2.44. The quantitative estimate of drug-likeness (QED) is 0.469. The molecule has 3 aromatic carbocycles. The number of carbonyl (C=O) groups is 1. The van der Waals surface area contributed by atoms with Crippen molar-refractivity contribution in [2.24, 2.45) is 0 Å². The van der Waals surface area contributed by atoms with E-state index in [1.807, 2.05) is 38.1 Å². The van der Waals surface area contributed by atoms with Crippen molar-refractivity contribution >= 4 is 45.0 Å². The monoisotopic (exact) mass is 487 g/mol. The van der Waals surface area contributed by atoms with Gasteiger partial charge < -0.3 is 14.8 Å². The van der Waals surface area contributed by atoms with Crippen LogP contribution in [0, 0.1) is 3.57 Å². The van der Waals surface area contributed by atoms with Gasteiger partial charge in [0.1, 0.15) is 0 Å². The topological polar surface area (TPSA) is 47.6 Å². The summed E-state index contributed by atoms with van der Waals surface area (Å²) in [4.78, 5) is 12.4. The number of rotatable bonds is 5. The van der Waals surface area contributed by atoms with Crippen molar-refractivity contribution in [3.8, 4) is 11.5 Å². The van der Waals surface area contributed by atoms with Gasteiger partial charge in [0.05, 0.1) is 16.8 Å². The minimum Gasteiger partial charge on any atom is -0.490 e. The fraction of sp³-hybridized carbons (Fsp3) is 0.261. The van der Waals surface area contributed by atoms with Crippen molar-refractivity contribution in [2.75, 3.05) is 18.5 Å². The van der Waals surface area contributed by atoms with Gasteiger partial charge >= 0.3 is 0 Å². The summed E-state index contributed by atoms with van der Waals surface area (Å²) in [5.74, 6) is 1.51. The van der Waals surface area contributed by atoms with E-state index in [9.17, 15) is 4.79 Å². The summed E-state index contributed by atoms with van der Waals surface area (Å²) in [6.45, 7) is 5.07. The molecule has 4 rings (SSSR count). The van der Waals surface area contributed by atoms with Crippen molar-refractivity contribution in [3.63, 3.8) is 0 Å². The maximum absolute atomic E-state index is 12.4. The van der Waals surface area contributed by atoms with E-state index in [1.165, 1.54) is 16.3 Å². The van der Waals surface area contributed by atoms with E-state index in [0.29, 0.717) is 19.6 Å². The molecule has 0 aliphatic carbocycles. The van der Waals surface area contributed by atoms with Gasteiger partial charge in [0.15, 0.2) is 11.5 Å². The van der Waals surface area contributed by atoms with E-state index in [0.717, 1.165) is 26.3 Å². The van der Waals surface area contributed by atoms with Gasteiger partial charge in [-0.1, -0.05) is 30.3 Å². The summed E-state index contributed by atoms with van der Waals surface area (Å²) in [7, 11) is 0. The molecule has 1 N–H and O–H groups in total. The standard InChI is InChI=1S/C23H22INO3/c1-3-27-20-12-15(11-18(24)23(20)28-4-2)17-13-21(26)25-19-10-9-14-7-5-6-8-16(14)22(17)19/h5-12,17H,3-4,13H2,1-2H3,(H,25,26). The largest absolute Gasteiger partial charge is 0.490 e. The number of amides is 1. The maximum Gasteiger partial charge on any atom is 0.225 e. The Labute approximate surface area is 178 Å². The van der Waals surface area contributed by atoms with Crippen LogP contribution in [0.25, 0.3) is 10.8 Å². The lowest BCUT2D eigenvalue weighted by atomic mass is 9.82. The summed E-state index contributed by atoms with van der Waals surface area (Å²) in [6, 6.07) is 16.5. The second-order valence-electron chi connectivity index (χ2n) is 6.75. The van der Waals surface area contributed by atoms with Crippen LogP contribution in [0.4, 0.5) is 5.69 Å². The Kier molecular flexibility index (Phi) is 5.44. The molecule has 1 unspecified atom stereocenters. The average Bonchev–Trinajstić information content (AvgIpc) is 2.69. The fourth-order valence-electron chi connectivity index (χ4n) is 3.89. The van der Waals surface area contributed by atoms with Gasteiger partial charge in [0, 0.05) is 18.0 Å². The zero-order valence-electron chi connectivity index (χ0n) is 15.9. The second kappa shape index (κ2) is 7.99. The smallest absolute Gasteiger partial charge is 0.225 e. The third kappa shape index (κ3) is 3.43. The van der Waals surface area contributed by atoms with E-state index in [2.05, 4.69) is 52.2 Å². The predicted molar refractivity (Wildman–Crippen MR) is 121 cm³/mol. The Morgan fingerprint density at radius 1 is 1.07 bits per heavy atom. The molecule has 3 aromatic rings. The Hall–Kier alpha value is -2.28. The van der Waals surface area contributed by atoms with Crippen molar-refractivity contribution in [1.29, 1.82) is 0 Å². The van der Waals surface area contributed by atoms with Gasteiger partial charge in [-0.25, -0.2) is 0 Å². The van der Waals surface area contributed by atoms with Crippen LogP contribution in [-0.4, -0.2) is 19.1 Å². The first kappa shape index (κ1) is 19.1. The molecule has 1 aliphatic rings. The number of ether oxygens (including phenoxy) is 2. The van der Waals surface area contributed by atoms with Gasteiger partial charge in [0.25, 0.3) is 0 Å². The van der Waals surface area contributed by atoms with Crippen LogP contribution in [0.1, 0.15) is 37.3 Å². The number of nitrogens with one attached hydrogen (secondary N) is 1. The van der Waals surface area contributed by atoms with Crippen LogP contribution in [0.5, 0.6) is 11.5 Å². The van der Waals surface area contributed by atoms with Crippen LogP contribution in [0.15, 0.2) is 48.5 Å². The molecule has 0 saturated carbocycles. The van der Waals surface area contributed by atoms with Gasteiger partial charge in [0.2, 0.25) is 5.91 Å². The van der Waals surface area contributed by atoms with Gasteiger partial charge in [-0.05, 0) is 76.5 Å². The van der Waals surface area contributed by atoms with Crippen LogP contribution in [-0.2, 0) is 4.79 Å². The predicted octanol–water partition coefficient (Wildman–Crippen LogP) is 5.72. The third-order valence-corrected chi connectivity index (χ3v) is 5.81. The van der Waals surface area contributed by atoms with E-state index >= 15 is 0 Å². The Morgan fingerprint density at radius 3 is 2.64 bits per heavy atom. The number of hydrogen-bond donors (Lipinski definition) is 1. The van der Waals surface area contributed by atoms with Crippen LogP contribution in [0.3, 0.4) is 0 Å². The number of halogens is 1. The summed E-state index contributed by atoms with van der Waals surface area (Å²) in [5, 5.41) is 5.39. The van der Waals surface area contributed by atoms with Crippen molar-refractivity contribution < 1.29 is 14.3 Å². The molecule has 0 saturated heterocycles. The number of hydrogen-bond acceptors (Lipinski definition) is 3. The lowest BCUT2D eigenvalue weighted by Crippen LogP contribution is -2.24. The van der Waals surface area contributed by atoms with Crippen LogP contribution in [0.2, 0.25) is 0 Å². The highest BCUT2D eigenvalue weighted by atomic mass is 127. The van der Waals surface area contributed by atoms with Crippen molar-refractivity contribution in [2.45, 2.75) is 26.2 Å². The zero-order valence-corrected chi connectivity index (χ0v) is 18.1.